The van der Waals surface area contributed by atoms with Crippen LogP contribution in [0.15, 0.2) is 53.0 Å². The molecule has 0 saturated carbocycles. The van der Waals surface area contributed by atoms with Gasteiger partial charge in [0.15, 0.2) is 0 Å². The maximum absolute atomic E-state index is 12.4. The zero-order valence-corrected chi connectivity index (χ0v) is 15.6. The molecule has 2 amide bonds. The van der Waals surface area contributed by atoms with Crippen molar-refractivity contribution in [3.63, 3.8) is 0 Å². The SMILES string of the molecule is Cc1ccc(CNC(=O)C(C)(C)C(=O)Nc2ccc(Br)cc2)cc1. The third-order valence-corrected chi connectivity index (χ3v) is 4.34. The number of benzene rings is 2. The molecule has 24 heavy (non-hydrogen) atoms. The number of hydrogen-bond donors (Lipinski definition) is 2. The fraction of sp³-hybridized carbons (Fsp3) is 0.263. The summed E-state index contributed by atoms with van der Waals surface area (Å²) in [6.07, 6.45) is 0. The van der Waals surface area contributed by atoms with Crippen LogP contribution in [0.5, 0.6) is 0 Å². The number of halogens is 1. The summed E-state index contributed by atoms with van der Waals surface area (Å²) in [4.78, 5) is 24.8. The molecule has 0 atom stereocenters. The van der Waals surface area contributed by atoms with Crippen molar-refractivity contribution in [1.82, 2.24) is 5.32 Å². The van der Waals surface area contributed by atoms with E-state index in [1.165, 1.54) is 5.56 Å². The van der Waals surface area contributed by atoms with E-state index in [0.29, 0.717) is 12.2 Å². The van der Waals surface area contributed by atoms with Gasteiger partial charge in [0.05, 0.1) is 0 Å². The highest BCUT2D eigenvalue weighted by Gasteiger charge is 2.35. The molecule has 126 valence electrons. The molecule has 0 radical (unpaired) electrons. The Morgan fingerprint density at radius 3 is 2.12 bits per heavy atom. The Morgan fingerprint density at radius 1 is 0.958 bits per heavy atom. The lowest BCUT2D eigenvalue weighted by Crippen LogP contribution is -2.44. The molecule has 0 aliphatic rings. The quantitative estimate of drug-likeness (QED) is 0.759. The summed E-state index contributed by atoms with van der Waals surface area (Å²) in [6.45, 7) is 5.64. The van der Waals surface area contributed by atoms with Crippen LogP contribution in [0.1, 0.15) is 25.0 Å². The van der Waals surface area contributed by atoms with Crippen LogP contribution in [-0.4, -0.2) is 11.8 Å². The minimum atomic E-state index is -1.17. The van der Waals surface area contributed by atoms with E-state index in [0.717, 1.165) is 10.0 Å². The van der Waals surface area contributed by atoms with Crippen LogP contribution in [0.2, 0.25) is 0 Å². The smallest absolute Gasteiger partial charge is 0.239 e. The third-order valence-electron chi connectivity index (χ3n) is 3.81. The van der Waals surface area contributed by atoms with Crippen molar-refractivity contribution in [1.29, 1.82) is 0 Å². The lowest BCUT2D eigenvalue weighted by molar-refractivity contribution is -0.138. The molecule has 2 rings (SSSR count). The fourth-order valence-electron chi connectivity index (χ4n) is 2.03. The lowest BCUT2D eigenvalue weighted by Gasteiger charge is -2.22. The molecule has 0 aliphatic carbocycles. The van der Waals surface area contributed by atoms with Gasteiger partial charge in [0.1, 0.15) is 5.41 Å². The van der Waals surface area contributed by atoms with Gasteiger partial charge >= 0.3 is 0 Å². The predicted octanol–water partition coefficient (Wildman–Crippen LogP) is 4.04. The number of carbonyl (C=O) groups is 2. The number of carbonyl (C=O) groups excluding carboxylic acids is 2. The van der Waals surface area contributed by atoms with Gasteiger partial charge in [-0.15, -0.1) is 0 Å². The maximum atomic E-state index is 12.4. The van der Waals surface area contributed by atoms with Crippen LogP contribution in [0, 0.1) is 12.3 Å². The molecule has 2 aromatic rings. The normalized spacial score (nSPS) is 11.0. The minimum Gasteiger partial charge on any atom is -0.351 e. The second-order valence-corrected chi connectivity index (χ2v) is 7.17. The second kappa shape index (κ2) is 7.62. The number of hydrogen-bond acceptors (Lipinski definition) is 2. The highest BCUT2D eigenvalue weighted by molar-refractivity contribution is 9.10. The van der Waals surface area contributed by atoms with Crippen molar-refractivity contribution in [2.75, 3.05) is 5.32 Å². The fourth-order valence-corrected chi connectivity index (χ4v) is 2.30. The highest BCUT2D eigenvalue weighted by Crippen LogP contribution is 2.20. The van der Waals surface area contributed by atoms with E-state index >= 15 is 0 Å². The summed E-state index contributed by atoms with van der Waals surface area (Å²) < 4.78 is 0.926. The van der Waals surface area contributed by atoms with Gasteiger partial charge in [-0.3, -0.25) is 9.59 Å². The molecular formula is C19H21BrN2O2. The second-order valence-electron chi connectivity index (χ2n) is 6.25. The molecule has 0 bridgehead atoms. The van der Waals surface area contributed by atoms with Gasteiger partial charge in [-0.25, -0.2) is 0 Å². The Hall–Kier alpha value is -2.14. The number of nitrogens with one attached hydrogen (secondary N) is 2. The van der Waals surface area contributed by atoms with Gasteiger partial charge in [0.25, 0.3) is 0 Å². The first-order valence-electron chi connectivity index (χ1n) is 7.70. The molecule has 0 unspecified atom stereocenters. The largest absolute Gasteiger partial charge is 0.351 e. The topological polar surface area (TPSA) is 58.2 Å². The van der Waals surface area contributed by atoms with Crippen LogP contribution in [0.25, 0.3) is 0 Å². The highest BCUT2D eigenvalue weighted by atomic mass is 79.9. The van der Waals surface area contributed by atoms with E-state index in [1.54, 1.807) is 26.0 Å². The average Bonchev–Trinajstić information content (AvgIpc) is 2.56. The molecule has 5 heteroatoms. The lowest BCUT2D eigenvalue weighted by atomic mass is 9.90. The van der Waals surface area contributed by atoms with Gasteiger partial charge in [-0.2, -0.15) is 0 Å². The summed E-state index contributed by atoms with van der Waals surface area (Å²) in [6, 6.07) is 15.1. The first-order chi connectivity index (χ1) is 11.3. The van der Waals surface area contributed by atoms with Crippen molar-refractivity contribution >= 4 is 33.4 Å². The van der Waals surface area contributed by atoms with Gasteiger partial charge < -0.3 is 10.6 Å². The zero-order valence-electron chi connectivity index (χ0n) is 14.0. The van der Waals surface area contributed by atoms with Crippen molar-refractivity contribution in [3.05, 3.63) is 64.1 Å². The molecule has 0 heterocycles. The zero-order chi connectivity index (χ0) is 17.7. The number of rotatable bonds is 5. The van der Waals surface area contributed by atoms with E-state index in [-0.39, 0.29) is 11.8 Å². The summed E-state index contributed by atoms with van der Waals surface area (Å²) in [5.41, 5.74) is 1.65. The minimum absolute atomic E-state index is 0.308. The summed E-state index contributed by atoms with van der Waals surface area (Å²) in [7, 11) is 0. The van der Waals surface area contributed by atoms with Crippen LogP contribution in [0.3, 0.4) is 0 Å². The van der Waals surface area contributed by atoms with E-state index in [2.05, 4.69) is 26.6 Å². The van der Waals surface area contributed by atoms with Crippen LogP contribution >= 0.6 is 15.9 Å². The number of anilines is 1. The van der Waals surface area contributed by atoms with Gasteiger partial charge in [-0.05, 0) is 50.6 Å². The average molecular weight is 389 g/mol. The number of aryl methyl sites for hydroxylation is 1. The monoisotopic (exact) mass is 388 g/mol. The molecule has 0 aliphatic heterocycles. The van der Waals surface area contributed by atoms with Gasteiger partial charge in [-0.1, -0.05) is 45.8 Å². The van der Waals surface area contributed by atoms with Crippen molar-refractivity contribution in [2.45, 2.75) is 27.3 Å². The standard InChI is InChI=1S/C19H21BrN2O2/c1-13-4-6-14(7-5-13)12-21-17(23)19(2,3)18(24)22-16-10-8-15(20)9-11-16/h4-11H,12H2,1-3H3,(H,21,23)(H,22,24). The molecule has 2 N–H and O–H groups in total. The van der Waals surface area contributed by atoms with E-state index in [9.17, 15) is 9.59 Å². The molecule has 4 nitrogen and oxygen atoms in total. The Labute approximate surface area is 150 Å². The van der Waals surface area contributed by atoms with E-state index in [4.69, 9.17) is 0 Å². The third kappa shape index (κ3) is 4.68. The molecular weight excluding hydrogens is 368 g/mol. The Kier molecular flexibility index (Phi) is 5.78. The first kappa shape index (κ1) is 18.2. The Morgan fingerprint density at radius 2 is 1.54 bits per heavy atom. The van der Waals surface area contributed by atoms with E-state index in [1.807, 2.05) is 43.3 Å². The van der Waals surface area contributed by atoms with Gasteiger partial charge in [0, 0.05) is 16.7 Å². The first-order valence-corrected chi connectivity index (χ1v) is 8.49. The van der Waals surface area contributed by atoms with Crippen LogP contribution in [-0.2, 0) is 16.1 Å². The van der Waals surface area contributed by atoms with Gasteiger partial charge in [0.2, 0.25) is 11.8 Å². The van der Waals surface area contributed by atoms with Crippen molar-refractivity contribution < 1.29 is 9.59 Å². The summed E-state index contributed by atoms with van der Waals surface area (Å²) >= 11 is 3.34. The molecule has 0 saturated heterocycles. The molecule has 2 aromatic carbocycles. The predicted molar refractivity (Wildman–Crippen MR) is 99.6 cm³/mol. The summed E-state index contributed by atoms with van der Waals surface area (Å²) in [5.74, 6) is -0.649. The Bertz CT molecular complexity index is 722. The summed E-state index contributed by atoms with van der Waals surface area (Å²) in [5, 5.41) is 5.60. The van der Waals surface area contributed by atoms with Crippen molar-refractivity contribution in [2.24, 2.45) is 5.41 Å². The molecule has 0 spiro atoms. The molecule has 0 aromatic heterocycles. The molecule has 0 fully saturated rings. The maximum Gasteiger partial charge on any atom is 0.239 e. The van der Waals surface area contributed by atoms with Crippen LogP contribution < -0.4 is 10.6 Å². The van der Waals surface area contributed by atoms with Crippen LogP contribution in [0.4, 0.5) is 5.69 Å². The van der Waals surface area contributed by atoms with Crippen molar-refractivity contribution in [3.8, 4) is 0 Å². The van der Waals surface area contributed by atoms with E-state index < -0.39 is 5.41 Å². The Balaban J connectivity index is 1.96. The number of amides is 2.